The predicted molar refractivity (Wildman–Crippen MR) is 102 cm³/mol. The quantitative estimate of drug-likeness (QED) is 0.742. The molecule has 0 aromatic carbocycles. The molecule has 148 valence electrons. The number of amides is 2. The number of nitrogens with zero attached hydrogens (tertiary/aromatic N) is 2. The molecule has 7 nitrogen and oxygen atoms in total. The van der Waals surface area contributed by atoms with Crippen molar-refractivity contribution in [3.05, 3.63) is 17.7 Å². The van der Waals surface area contributed by atoms with Gasteiger partial charge < -0.3 is 15.2 Å². The van der Waals surface area contributed by atoms with Crippen LogP contribution < -0.4 is 10.6 Å². The van der Waals surface area contributed by atoms with E-state index >= 15 is 0 Å². The smallest absolute Gasteiger partial charge is 0.237 e. The molecule has 3 heterocycles. The molecule has 27 heavy (non-hydrogen) atoms. The molecule has 2 fully saturated rings. The van der Waals surface area contributed by atoms with Crippen molar-refractivity contribution in [2.45, 2.75) is 64.5 Å². The zero-order chi connectivity index (χ0) is 19.2. The van der Waals surface area contributed by atoms with E-state index in [2.05, 4.69) is 41.4 Å². The van der Waals surface area contributed by atoms with Crippen molar-refractivity contribution in [2.24, 2.45) is 11.3 Å². The molecule has 2 aliphatic heterocycles. The van der Waals surface area contributed by atoms with Crippen molar-refractivity contribution < 1.29 is 9.59 Å². The number of imidazole rings is 1. The van der Waals surface area contributed by atoms with E-state index in [0.29, 0.717) is 37.9 Å². The number of nitrogens with one attached hydrogen (secondary N) is 3. The summed E-state index contributed by atoms with van der Waals surface area (Å²) < 4.78 is 0. The third-order valence-corrected chi connectivity index (χ3v) is 6.45. The van der Waals surface area contributed by atoms with Crippen LogP contribution in [0.5, 0.6) is 0 Å². The van der Waals surface area contributed by atoms with E-state index in [0.717, 1.165) is 37.1 Å². The molecule has 7 heteroatoms. The predicted octanol–water partition coefficient (Wildman–Crippen LogP) is 1.31. The summed E-state index contributed by atoms with van der Waals surface area (Å²) in [5.74, 6) is 0.765. The van der Waals surface area contributed by atoms with Gasteiger partial charge in [0.05, 0.1) is 23.6 Å². The number of fused-ring (bicyclic) bond motifs is 2. The second-order valence-corrected chi connectivity index (χ2v) is 9.20. The van der Waals surface area contributed by atoms with Crippen LogP contribution in [0.25, 0.3) is 0 Å². The topological polar surface area (TPSA) is 90.1 Å². The zero-order valence-electron chi connectivity index (χ0n) is 16.6. The molecule has 1 saturated heterocycles. The maximum Gasteiger partial charge on any atom is 0.237 e. The third-order valence-electron chi connectivity index (χ3n) is 6.45. The fourth-order valence-corrected chi connectivity index (χ4v) is 4.39. The minimum Gasteiger partial charge on any atom is -0.354 e. The van der Waals surface area contributed by atoms with E-state index in [1.165, 1.54) is 0 Å². The van der Waals surface area contributed by atoms with Gasteiger partial charge in [-0.15, -0.1) is 0 Å². The lowest BCUT2D eigenvalue weighted by Crippen LogP contribution is -2.62. The molecular weight excluding hydrogens is 342 g/mol. The van der Waals surface area contributed by atoms with Crippen molar-refractivity contribution in [1.29, 1.82) is 0 Å². The highest BCUT2D eigenvalue weighted by Gasteiger charge is 2.51. The van der Waals surface area contributed by atoms with Gasteiger partial charge in [-0.25, -0.2) is 4.98 Å². The number of aromatic nitrogens is 2. The molecule has 1 aromatic rings. The summed E-state index contributed by atoms with van der Waals surface area (Å²) in [5, 5.41) is 6.67. The third kappa shape index (κ3) is 3.37. The van der Waals surface area contributed by atoms with Crippen LogP contribution in [-0.2, 0) is 21.5 Å². The Morgan fingerprint density at radius 2 is 2.00 bits per heavy atom. The zero-order valence-corrected chi connectivity index (χ0v) is 16.6. The number of carbonyl (C=O) groups is 2. The molecule has 0 bridgehead atoms. The van der Waals surface area contributed by atoms with Crippen LogP contribution in [0.2, 0.25) is 0 Å². The maximum absolute atomic E-state index is 12.7. The average molecular weight is 374 g/mol. The molecule has 1 aromatic heterocycles. The Labute approximate surface area is 160 Å². The summed E-state index contributed by atoms with van der Waals surface area (Å²) in [4.78, 5) is 35.2. The average Bonchev–Trinajstić information content (AvgIpc) is 3.21. The lowest BCUT2D eigenvalue weighted by atomic mass is 9.78. The summed E-state index contributed by atoms with van der Waals surface area (Å²) >= 11 is 0. The summed E-state index contributed by atoms with van der Waals surface area (Å²) in [5.41, 5.74) is 1.63. The summed E-state index contributed by atoms with van der Waals surface area (Å²) in [7, 11) is 0. The number of likely N-dealkylation sites (tertiary alicyclic amines) is 1. The lowest BCUT2D eigenvalue weighted by molar-refractivity contribution is -0.138. The standard InChI is InChI=1S/C20H31N5O2/c1-13(2)11-21-17(26)15-10-14-16(23-12-22-14)20(24-15)6-8-25(9-7-20)18(27)19(3)4-5-19/h12-13,15,24H,4-11H2,1-3H3,(H,21,26)(H,22,23)/t15-/m0/s1. The molecule has 1 atom stereocenters. The number of piperidine rings is 1. The first-order valence-corrected chi connectivity index (χ1v) is 10.2. The van der Waals surface area contributed by atoms with Gasteiger partial charge in [-0.1, -0.05) is 20.8 Å². The van der Waals surface area contributed by atoms with Gasteiger partial charge in [0.1, 0.15) is 0 Å². The Hall–Kier alpha value is -1.89. The number of carbonyl (C=O) groups excluding carboxylic acids is 2. The van der Waals surface area contributed by atoms with Crippen LogP contribution in [0.3, 0.4) is 0 Å². The van der Waals surface area contributed by atoms with E-state index in [4.69, 9.17) is 0 Å². The summed E-state index contributed by atoms with van der Waals surface area (Å²) in [6, 6.07) is -0.264. The monoisotopic (exact) mass is 373 g/mol. The minimum atomic E-state index is -0.325. The molecule has 1 spiro atoms. The Morgan fingerprint density at radius 1 is 1.30 bits per heavy atom. The SMILES string of the molecule is CC(C)CNC(=O)[C@@H]1Cc2[nH]cnc2C2(CCN(C(=O)C3(C)CC3)CC2)N1. The van der Waals surface area contributed by atoms with Gasteiger partial charge in [-0.2, -0.15) is 0 Å². The van der Waals surface area contributed by atoms with Gasteiger partial charge in [-0.3, -0.25) is 14.9 Å². The highest BCUT2D eigenvalue weighted by Crippen LogP contribution is 2.47. The Bertz CT molecular complexity index is 728. The Kier molecular flexibility index (Phi) is 4.53. The second-order valence-electron chi connectivity index (χ2n) is 9.20. The Balaban J connectivity index is 1.48. The van der Waals surface area contributed by atoms with Crippen LogP contribution in [-0.4, -0.2) is 52.4 Å². The second kappa shape index (κ2) is 6.62. The molecular formula is C20H31N5O2. The highest BCUT2D eigenvalue weighted by molar-refractivity contribution is 5.85. The summed E-state index contributed by atoms with van der Waals surface area (Å²) in [6.45, 7) is 8.37. The number of hydrogen-bond donors (Lipinski definition) is 3. The van der Waals surface area contributed by atoms with E-state index < -0.39 is 0 Å². The lowest BCUT2D eigenvalue weighted by Gasteiger charge is -2.46. The van der Waals surface area contributed by atoms with Crippen LogP contribution in [0.4, 0.5) is 0 Å². The van der Waals surface area contributed by atoms with E-state index in [9.17, 15) is 9.59 Å². The van der Waals surface area contributed by atoms with Crippen LogP contribution in [0.15, 0.2) is 6.33 Å². The molecule has 0 radical (unpaired) electrons. The Morgan fingerprint density at radius 3 is 2.63 bits per heavy atom. The highest BCUT2D eigenvalue weighted by atomic mass is 16.2. The minimum absolute atomic E-state index is 0.0484. The molecule has 2 amide bonds. The first-order valence-electron chi connectivity index (χ1n) is 10.2. The first-order chi connectivity index (χ1) is 12.8. The number of rotatable bonds is 4. The van der Waals surface area contributed by atoms with Gasteiger partial charge in [0, 0.05) is 37.2 Å². The van der Waals surface area contributed by atoms with Crippen LogP contribution in [0.1, 0.15) is 57.8 Å². The van der Waals surface area contributed by atoms with Gasteiger partial charge in [0.2, 0.25) is 11.8 Å². The van der Waals surface area contributed by atoms with Gasteiger partial charge >= 0.3 is 0 Å². The van der Waals surface area contributed by atoms with Crippen molar-refractivity contribution in [3.8, 4) is 0 Å². The number of H-pyrrole nitrogens is 1. The summed E-state index contributed by atoms with van der Waals surface area (Å²) in [6.07, 6.45) is 5.95. The molecule has 1 aliphatic carbocycles. The van der Waals surface area contributed by atoms with Crippen molar-refractivity contribution >= 4 is 11.8 Å². The molecule has 3 aliphatic rings. The maximum atomic E-state index is 12.7. The first kappa shape index (κ1) is 18.5. The number of aromatic amines is 1. The van der Waals surface area contributed by atoms with E-state index in [1.807, 2.05) is 4.90 Å². The van der Waals surface area contributed by atoms with Crippen molar-refractivity contribution in [2.75, 3.05) is 19.6 Å². The van der Waals surface area contributed by atoms with Gasteiger partial charge in [0.15, 0.2) is 0 Å². The number of hydrogen-bond acceptors (Lipinski definition) is 4. The van der Waals surface area contributed by atoms with Crippen LogP contribution in [0, 0.1) is 11.3 Å². The molecule has 0 unspecified atom stereocenters. The molecule has 1 saturated carbocycles. The largest absolute Gasteiger partial charge is 0.354 e. The van der Waals surface area contributed by atoms with Crippen molar-refractivity contribution in [1.82, 2.24) is 25.5 Å². The van der Waals surface area contributed by atoms with E-state index in [1.54, 1.807) is 6.33 Å². The van der Waals surface area contributed by atoms with E-state index in [-0.39, 0.29) is 22.9 Å². The van der Waals surface area contributed by atoms with Crippen LogP contribution >= 0.6 is 0 Å². The molecule has 3 N–H and O–H groups in total. The van der Waals surface area contributed by atoms with Crippen molar-refractivity contribution in [3.63, 3.8) is 0 Å². The van der Waals surface area contributed by atoms with Gasteiger partial charge in [-0.05, 0) is 31.6 Å². The fraction of sp³-hybridized carbons (Fsp3) is 0.750. The van der Waals surface area contributed by atoms with Gasteiger partial charge in [0.25, 0.3) is 0 Å². The fourth-order valence-electron chi connectivity index (χ4n) is 4.39. The normalized spacial score (nSPS) is 25.3. The molecule has 4 rings (SSSR count).